The second-order valence-electron chi connectivity index (χ2n) is 9.60. The normalized spacial score (nSPS) is 10.6. The van der Waals surface area contributed by atoms with Gasteiger partial charge in [-0.2, -0.15) is 10.5 Å². The number of ether oxygens (including phenoxy) is 2. The van der Waals surface area contributed by atoms with Crippen molar-refractivity contribution in [1.29, 1.82) is 10.5 Å². The molecular formula is C31H30ClN7O3. The lowest BCUT2D eigenvalue weighted by Gasteiger charge is -2.17. The highest BCUT2D eigenvalue weighted by Gasteiger charge is 2.16. The Kier molecular flexibility index (Phi) is 10.1. The third-order valence-electron chi connectivity index (χ3n) is 6.17. The van der Waals surface area contributed by atoms with E-state index >= 15 is 0 Å². The fraction of sp³-hybridized carbons (Fsp3) is 0.258. The number of halogens is 1. The molecule has 0 radical (unpaired) electrons. The number of nitrogens with zero attached hydrogens (tertiary/aromatic N) is 5. The molecule has 0 bridgehead atoms. The maximum absolute atomic E-state index is 12.7. The lowest BCUT2D eigenvalue weighted by Crippen LogP contribution is -2.17. The van der Waals surface area contributed by atoms with Crippen LogP contribution in [0.5, 0.6) is 11.5 Å². The summed E-state index contributed by atoms with van der Waals surface area (Å²) in [6, 6.07) is 18.0. The first-order valence-corrected chi connectivity index (χ1v) is 13.7. The first-order valence-electron chi connectivity index (χ1n) is 13.3. The minimum Gasteiger partial charge on any atom is -0.492 e. The number of amides is 1. The van der Waals surface area contributed by atoms with Crippen molar-refractivity contribution >= 4 is 45.5 Å². The molecule has 11 heteroatoms. The standard InChI is InChI=1S/C31H30ClN7O3/c1-4-41-29-15-26-24(14-27(29)38-30(40)9-6-12-39(2)3)31(20(16-33)18-35-26)37-21-10-11-28(25(32)13-21)42-19-23-8-5-7-22(17-34)36-23/h5,7-8,10-11,13-15,18H,4,6,9,12,19H2,1-3H3,(H,35,37)(H,38,40). The summed E-state index contributed by atoms with van der Waals surface area (Å²) in [4.78, 5) is 23.4. The number of fused-ring (bicyclic) bond motifs is 1. The van der Waals surface area contributed by atoms with Crippen LogP contribution in [-0.2, 0) is 11.4 Å². The second-order valence-corrected chi connectivity index (χ2v) is 10.0. The van der Waals surface area contributed by atoms with E-state index in [-0.39, 0.29) is 12.5 Å². The zero-order valence-electron chi connectivity index (χ0n) is 23.6. The van der Waals surface area contributed by atoms with Crippen LogP contribution >= 0.6 is 11.6 Å². The summed E-state index contributed by atoms with van der Waals surface area (Å²) in [5.74, 6) is 0.800. The summed E-state index contributed by atoms with van der Waals surface area (Å²) >= 11 is 6.53. The lowest BCUT2D eigenvalue weighted by molar-refractivity contribution is -0.116. The van der Waals surface area contributed by atoms with E-state index in [2.05, 4.69) is 26.7 Å². The molecule has 0 unspecified atom stereocenters. The Morgan fingerprint density at radius 2 is 1.90 bits per heavy atom. The van der Waals surface area contributed by atoms with Gasteiger partial charge in [0, 0.05) is 29.8 Å². The Morgan fingerprint density at radius 1 is 1.07 bits per heavy atom. The van der Waals surface area contributed by atoms with Gasteiger partial charge < -0.3 is 25.0 Å². The number of nitrogens with one attached hydrogen (secondary N) is 2. The topological polar surface area (TPSA) is 136 Å². The fourth-order valence-electron chi connectivity index (χ4n) is 4.19. The average Bonchev–Trinajstić information content (AvgIpc) is 2.97. The quantitative estimate of drug-likeness (QED) is 0.205. The Hall–Kier alpha value is -4.90. The first-order chi connectivity index (χ1) is 20.3. The van der Waals surface area contributed by atoms with Crippen molar-refractivity contribution in [2.75, 3.05) is 37.9 Å². The maximum Gasteiger partial charge on any atom is 0.224 e. The number of hydrogen-bond donors (Lipinski definition) is 2. The van der Waals surface area contributed by atoms with E-state index in [1.54, 1.807) is 48.5 Å². The third-order valence-corrected chi connectivity index (χ3v) is 6.47. The molecule has 10 nitrogen and oxygen atoms in total. The van der Waals surface area contributed by atoms with Crippen LogP contribution in [0.4, 0.5) is 17.1 Å². The van der Waals surface area contributed by atoms with Gasteiger partial charge in [0.2, 0.25) is 5.91 Å². The monoisotopic (exact) mass is 583 g/mol. The van der Waals surface area contributed by atoms with Crippen molar-refractivity contribution in [3.8, 4) is 23.6 Å². The summed E-state index contributed by atoms with van der Waals surface area (Å²) in [6.07, 6.45) is 2.56. The minimum absolute atomic E-state index is 0.131. The van der Waals surface area contributed by atoms with Gasteiger partial charge in [-0.25, -0.2) is 4.98 Å². The summed E-state index contributed by atoms with van der Waals surface area (Å²) in [5, 5.41) is 26.1. The number of rotatable bonds is 12. The zero-order chi connectivity index (χ0) is 30.1. The molecule has 2 heterocycles. The summed E-state index contributed by atoms with van der Waals surface area (Å²) in [6.45, 7) is 3.21. The van der Waals surface area contributed by atoms with Gasteiger partial charge in [0.25, 0.3) is 0 Å². The van der Waals surface area contributed by atoms with Crippen LogP contribution < -0.4 is 20.1 Å². The van der Waals surface area contributed by atoms with Crippen molar-refractivity contribution < 1.29 is 14.3 Å². The van der Waals surface area contributed by atoms with Crippen molar-refractivity contribution in [3.63, 3.8) is 0 Å². The average molecular weight is 584 g/mol. The molecule has 0 saturated heterocycles. The molecule has 2 N–H and O–H groups in total. The Bertz CT molecular complexity index is 1680. The van der Waals surface area contributed by atoms with Crippen LogP contribution in [0.2, 0.25) is 5.02 Å². The van der Waals surface area contributed by atoms with Gasteiger partial charge in [-0.1, -0.05) is 17.7 Å². The number of carbonyl (C=O) groups is 1. The van der Waals surface area contributed by atoms with Gasteiger partial charge in [0.15, 0.2) is 0 Å². The Labute approximate surface area is 249 Å². The third kappa shape index (κ3) is 7.64. The summed E-state index contributed by atoms with van der Waals surface area (Å²) < 4.78 is 11.6. The van der Waals surface area contributed by atoms with Crippen LogP contribution in [0.15, 0.2) is 54.7 Å². The molecule has 0 fully saturated rings. The molecule has 0 aliphatic rings. The Balaban J connectivity index is 1.61. The predicted octanol–water partition coefficient (Wildman–Crippen LogP) is 6.03. The summed E-state index contributed by atoms with van der Waals surface area (Å²) in [7, 11) is 3.93. The van der Waals surface area contributed by atoms with Gasteiger partial charge in [0.05, 0.1) is 39.8 Å². The molecule has 0 atom stereocenters. The van der Waals surface area contributed by atoms with E-state index in [1.807, 2.05) is 32.0 Å². The number of carbonyl (C=O) groups excluding carboxylic acids is 1. The van der Waals surface area contributed by atoms with Gasteiger partial charge >= 0.3 is 0 Å². The van der Waals surface area contributed by atoms with Crippen LogP contribution in [0.25, 0.3) is 10.9 Å². The van der Waals surface area contributed by atoms with Gasteiger partial charge in [-0.05, 0) is 70.4 Å². The molecule has 2 aromatic carbocycles. The minimum atomic E-state index is -0.131. The van der Waals surface area contributed by atoms with Crippen molar-refractivity contribution in [2.24, 2.45) is 0 Å². The van der Waals surface area contributed by atoms with E-state index in [9.17, 15) is 10.1 Å². The molecule has 0 saturated carbocycles. The predicted molar refractivity (Wildman–Crippen MR) is 162 cm³/mol. The number of nitriles is 2. The molecule has 4 rings (SSSR count). The Morgan fingerprint density at radius 3 is 2.62 bits per heavy atom. The SMILES string of the molecule is CCOc1cc2ncc(C#N)c(Nc3ccc(OCc4cccc(C#N)n4)c(Cl)c3)c2cc1NC(=O)CCCN(C)C. The van der Waals surface area contributed by atoms with E-state index in [4.69, 9.17) is 26.3 Å². The zero-order valence-corrected chi connectivity index (χ0v) is 24.3. The number of anilines is 3. The van der Waals surface area contributed by atoms with Crippen LogP contribution in [0, 0.1) is 22.7 Å². The number of benzene rings is 2. The molecular weight excluding hydrogens is 554 g/mol. The number of hydrogen-bond acceptors (Lipinski definition) is 9. The highest BCUT2D eigenvalue weighted by atomic mass is 35.5. The molecule has 0 spiro atoms. The highest BCUT2D eigenvalue weighted by molar-refractivity contribution is 6.32. The van der Waals surface area contributed by atoms with E-state index in [0.717, 1.165) is 6.54 Å². The lowest BCUT2D eigenvalue weighted by atomic mass is 10.1. The van der Waals surface area contributed by atoms with E-state index < -0.39 is 0 Å². The van der Waals surface area contributed by atoms with E-state index in [0.29, 0.717) is 80.9 Å². The smallest absolute Gasteiger partial charge is 0.224 e. The molecule has 4 aromatic rings. The molecule has 214 valence electrons. The van der Waals surface area contributed by atoms with Crippen LogP contribution in [-0.4, -0.2) is 48.0 Å². The van der Waals surface area contributed by atoms with Crippen molar-refractivity contribution in [1.82, 2.24) is 14.9 Å². The number of pyridine rings is 2. The molecule has 42 heavy (non-hydrogen) atoms. The van der Waals surface area contributed by atoms with Gasteiger partial charge in [-0.3, -0.25) is 9.78 Å². The highest BCUT2D eigenvalue weighted by Crippen LogP contribution is 2.37. The van der Waals surface area contributed by atoms with Gasteiger partial charge in [0.1, 0.15) is 35.9 Å². The largest absolute Gasteiger partial charge is 0.492 e. The molecule has 0 aliphatic carbocycles. The fourth-order valence-corrected chi connectivity index (χ4v) is 4.43. The van der Waals surface area contributed by atoms with Gasteiger partial charge in [-0.15, -0.1) is 0 Å². The van der Waals surface area contributed by atoms with Crippen molar-refractivity contribution in [2.45, 2.75) is 26.4 Å². The maximum atomic E-state index is 12.7. The van der Waals surface area contributed by atoms with Crippen LogP contribution in [0.3, 0.4) is 0 Å². The van der Waals surface area contributed by atoms with Crippen LogP contribution in [0.1, 0.15) is 36.7 Å². The summed E-state index contributed by atoms with van der Waals surface area (Å²) in [5.41, 5.74) is 3.43. The van der Waals surface area contributed by atoms with E-state index in [1.165, 1.54) is 6.20 Å². The molecule has 1 amide bonds. The second kappa shape index (κ2) is 14.1. The van der Waals surface area contributed by atoms with Crippen molar-refractivity contribution in [3.05, 3.63) is 76.7 Å². The number of aromatic nitrogens is 2. The molecule has 2 aromatic heterocycles. The first kappa shape index (κ1) is 30.1. The molecule has 0 aliphatic heterocycles.